The summed E-state index contributed by atoms with van der Waals surface area (Å²) in [6, 6.07) is 6.66. The van der Waals surface area contributed by atoms with E-state index in [1.807, 2.05) is 45.0 Å². The number of aryl methyl sites for hydroxylation is 1. The highest BCUT2D eigenvalue weighted by Gasteiger charge is 2.26. The van der Waals surface area contributed by atoms with Gasteiger partial charge in [-0.05, 0) is 18.4 Å². The summed E-state index contributed by atoms with van der Waals surface area (Å²) < 4.78 is 0. The van der Waals surface area contributed by atoms with Crippen LogP contribution < -0.4 is 5.32 Å². The molecule has 0 bridgehead atoms. The number of carbonyl (C=O) groups is 2. The van der Waals surface area contributed by atoms with Crippen molar-refractivity contribution in [3.63, 3.8) is 0 Å². The Balaban J connectivity index is 2.64. The van der Waals surface area contributed by atoms with E-state index in [9.17, 15) is 14.7 Å². The number of aliphatic carboxylic acids is 1. The van der Waals surface area contributed by atoms with Gasteiger partial charge in [0.2, 0.25) is 0 Å². The van der Waals surface area contributed by atoms with Gasteiger partial charge in [-0.3, -0.25) is 0 Å². The summed E-state index contributed by atoms with van der Waals surface area (Å²) in [6.45, 7) is 6.17. The van der Waals surface area contributed by atoms with E-state index in [0.29, 0.717) is 13.0 Å². The first-order chi connectivity index (χ1) is 9.85. The number of amides is 2. The summed E-state index contributed by atoms with van der Waals surface area (Å²) in [5.74, 6) is -1.11. The lowest BCUT2D eigenvalue weighted by atomic mass is 9.99. The number of carbonyl (C=O) groups excluding carboxylic acids is 1. The van der Waals surface area contributed by atoms with Crippen molar-refractivity contribution in [1.82, 2.24) is 10.2 Å². The molecular weight excluding hydrogens is 268 g/mol. The minimum absolute atomic E-state index is 0.112. The molecule has 21 heavy (non-hydrogen) atoms. The van der Waals surface area contributed by atoms with Crippen molar-refractivity contribution < 1.29 is 14.7 Å². The molecule has 116 valence electrons. The van der Waals surface area contributed by atoms with Crippen molar-refractivity contribution in [1.29, 1.82) is 0 Å². The second-order valence-corrected chi connectivity index (χ2v) is 5.49. The molecule has 1 aromatic carbocycles. The van der Waals surface area contributed by atoms with E-state index in [-0.39, 0.29) is 11.9 Å². The number of hydrogen-bond donors (Lipinski definition) is 2. The number of benzene rings is 1. The fourth-order valence-corrected chi connectivity index (χ4v) is 1.97. The number of carboxylic acids is 1. The molecule has 0 aromatic heterocycles. The normalized spacial score (nSPS) is 13.3. The van der Waals surface area contributed by atoms with Gasteiger partial charge in [-0.15, -0.1) is 0 Å². The first-order valence-corrected chi connectivity index (χ1v) is 7.15. The first-order valence-electron chi connectivity index (χ1n) is 7.15. The standard InChI is InChI=1S/C16H24N2O3/c1-5-12(3)14(15(19)20)17-16(21)18(4)10-13-8-6-11(2)7-9-13/h6-9,12,14H,5,10H2,1-4H3,(H,17,21)(H,19,20)/t12?,14-/m0/s1. The predicted octanol–water partition coefficient (Wildman–Crippen LogP) is 2.64. The Kier molecular flexibility index (Phi) is 6.21. The smallest absolute Gasteiger partial charge is 0.326 e. The largest absolute Gasteiger partial charge is 0.480 e. The Labute approximate surface area is 126 Å². The van der Waals surface area contributed by atoms with Gasteiger partial charge in [0.1, 0.15) is 6.04 Å². The zero-order valence-electron chi connectivity index (χ0n) is 13.1. The van der Waals surface area contributed by atoms with E-state index in [0.717, 1.165) is 11.1 Å². The minimum Gasteiger partial charge on any atom is -0.480 e. The Bertz CT molecular complexity index is 485. The van der Waals surface area contributed by atoms with Crippen molar-refractivity contribution in [3.8, 4) is 0 Å². The highest BCUT2D eigenvalue weighted by atomic mass is 16.4. The van der Waals surface area contributed by atoms with E-state index in [1.165, 1.54) is 4.90 Å². The van der Waals surface area contributed by atoms with E-state index < -0.39 is 12.0 Å². The van der Waals surface area contributed by atoms with Crippen molar-refractivity contribution in [2.75, 3.05) is 7.05 Å². The molecule has 0 heterocycles. The quantitative estimate of drug-likeness (QED) is 0.847. The summed E-state index contributed by atoms with van der Waals surface area (Å²) in [6.07, 6.45) is 0.693. The van der Waals surface area contributed by atoms with Crippen molar-refractivity contribution in [2.45, 2.75) is 39.8 Å². The van der Waals surface area contributed by atoms with Crippen LogP contribution in [0.25, 0.3) is 0 Å². The van der Waals surface area contributed by atoms with Crippen LogP contribution in [0.5, 0.6) is 0 Å². The number of carboxylic acid groups (broad SMARTS) is 1. The zero-order chi connectivity index (χ0) is 16.0. The van der Waals surface area contributed by atoms with Crippen LogP contribution in [0.4, 0.5) is 4.79 Å². The Morgan fingerprint density at radius 1 is 1.29 bits per heavy atom. The van der Waals surface area contributed by atoms with Crippen LogP contribution in [0.15, 0.2) is 24.3 Å². The topological polar surface area (TPSA) is 69.6 Å². The number of nitrogens with zero attached hydrogens (tertiary/aromatic N) is 1. The molecular formula is C16H24N2O3. The molecule has 0 fully saturated rings. The second-order valence-electron chi connectivity index (χ2n) is 5.49. The average Bonchev–Trinajstić information content (AvgIpc) is 2.45. The second kappa shape index (κ2) is 7.67. The van der Waals surface area contributed by atoms with E-state index in [2.05, 4.69) is 5.32 Å². The van der Waals surface area contributed by atoms with Gasteiger partial charge in [-0.2, -0.15) is 0 Å². The molecule has 1 aromatic rings. The third-order valence-corrected chi connectivity index (χ3v) is 3.65. The number of nitrogens with one attached hydrogen (secondary N) is 1. The van der Waals surface area contributed by atoms with Gasteiger partial charge in [0, 0.05) is 13.6 Å². The highest BCUT2D eigenvalue weighted by Crippen LogP contribution is 2.10. The molecule has 0 spiro atoms. The molecule has 0 aliphatic heterocycles. The van der Waals surface area contributed by atoms with Crippen LogP contribution in [0.1, 0.15) is 31.4 Å². The zero-order valence-corrected chi connectivity index (χ0v) is 13.1. The Morgan fingerprint density at radius 3 is 2.33 bits per heavy atom. The van der Waals surface area contributed by atoms with Crippen molar-refractivity contribution in [3.05, 3.63) is 35.4 Å². The molecule has 0 radical (unpaired) electrons. The van der Waals surface area contributed by atoms with Crippen molar-refractivity contribution >= 4 is 12.0 Å². The van der Waals surface area contributed by atoms with Crippen LogP contribution in [0.3, 0.4) is 0 Å². The summed E-state index contributed by atoms with van der Waals surface area (Å²) >= 11 is 0. The van der Waals surface area contributed by atoms with Crippen molar-refractivity contribution in [2.24, 2.45) is 5.92 Å². The van der Waals surface area contributed by atoms with Gasteiger partial charge in [0.15, 0.2) is 0 Å². The molecule has 1 unspecified atom stereocenters. The van der Waals surface area contributed by atoms with E-state index in [4.69, 9.17) is 0 Å². The van der Waals surface area contributed by atoms with Gasteiger partial charge in [-0.1, -0.05) is 50.1 Å². The lowest BCUT2D eigenvalue weighted by Gasteiger charge is -2.24. The molecule has 5 nitrogen and oxygen atoms in total. The molecule has 2 amide bonds. The molecule has 0 saturated carbocycles. The number of urea groups is 1. The summed E-state index contributed by atoms with van der Waals surface area (Å²) in [5.41, 5.74) is 2.17. The molecule has 2 N–H and O–H groups in total. The predicted molar refractivity (Wildman–Crippen MR) is 82.1 cm³/mol. The van der Waals surface area contributed by atoms with Gasteiger partial charge in [0.05, 0.1) is 0 Å². The molecule has 0 aliphatic carbocycles. The molecule has 2 atom stereocenters. The summed E-state index contributed by atoms with van der Waals surface area (Å²) in [5, 5.41) is 11.8. The third-order valence-electron chi connectivity index (χ3n) is 3.65. The van der Waals surface area contributed by atoms with Crippen LogP contribution >= 0.6 is 0 Å². The van der Waals surface area contributed by atoms with Crippen LogP contribution in [-0.4, -0.2) is 35.1 Å². The number of hydrogen-bond acceptors (Lipinski definition) is 2. The summed E-state index contributed by atoms with van der Waals surface area (Å²) in [7, 11) is 1.66. The highest BCUT2D eigenvalue weighted by molar-refractivity contribution is 5.82. The minimum atomic E-state index is -0.999. The lowest BCUT2D eigenvalue weighted by Crippen LogP contribution is -2.49. The average molecular weight is 292 g/mol. The van der Waals surface area contributed by atoms with Gasteiger partial charge in [-0.25, -0.2) is 9.59 Å². The first kappa shape index (κ1) is 17.0. The van der Waals surface area contributed by atoms with Gasteiger partial charge in [0.25, 0.3) is 0 Å². The van der Waals surface area contributed by atoms with Crippen LogP contribution in [-0.2, 0) is 11.3 Å². The fourth-order valence-electron chi connectivity index (χ4n) is 1.97. The molecule has 5 heteroatoms. The Morgan fingerprint density at radius 2 is 1.86 bits per heavy atom. The SMILES string of the molecule is CCC(C)[C@H](NC(=O)N(C)Cc1ccc(C)cc1)C(=O)O. The molecule has 0 saturated heterocycles. The van der Waals surface area contributed by atoms with Crippen LogP contribution in [0.2, 0.25) is 0 Å². The maximum atomic E-state index is 12.1. The maximum absolute atomic E-state index is 12.1. The monoisotopic (exact) mass is 292 g/mol. The lowest BCUT2D eigenvalue weighted by molar-refractivity contribution is -0.140. The molecule has 1 rings (SSSR count). The van der Waals surface area contributed by atoms with Gasteiger partial charge >= 0.3 is 12.0 Å². The summed E-state index contributed by atoms with van der Waals surface area (Å²) in [4.78, 5) is 24.8. The maximum Gasteiger partial charge on any atom is 0.326 e. The number of rotatable bonds is 6. The van der Waals surface area contributed by atoms with E-state index >= 15 is 0 Å². The molecule has 0 aliphatic rings. The third kappa shape index (κ3) is 5.10. The Hall–Kier alpha value is -2.04. The van der Waals surface area contributed by atoms with Gasteiger partial charge < -0.3 is 15.3 Å². The fraction of sp³-hybridized carbons (Fsp3) is 0.500. The van der Waals surface area contributed by atoms with E-state index in [1.54, 1.807) is 7.05 Å². The van der Waals surface area contributed by atoms with Crippen LogP contribution in [0, 0.1) is 12.8 Å².